The number of nitrogens with one attached hydrogen (secondary N) is 3. The Labute approximate surface area is 416 Å². The van der Waals surface area contributed by atoms with E-state index in [-0.39, 0.29) is 59.3 Å². The molecule has 72 heavy (non-hydrogen) atoms. The van der Waals surface area contributed by atoms with Gasteiger partial charge in [0.15, 0.2) is 5.82 Å². The largest absolute Gasteiger partial charge is 0.392 e. The molecule has 0 radical (unpaired) electrons. The zero-order valence-corrected chi connectivity index (χ0v) is 41.3. The van der Waals surface area contributed by atoms with Crippen molar-refractivity contribution in [3.63, 3.8) is 0 Å². The van der Waals surface area contributed by atoms with Crippen molar-refractivity contribution in [2.45, 2.75) is 90.6 Å². The summed E-state index contributed by atoms with van der Waals surface area (Å²) < 4.78 is 3.61. The first-order valence-corrected chi connectivity index (χ1v) is 25.0. The predicted molar refractivity (Wildman–Crippen MR) is 272 cm³/mol. The molecule has 5 amide bonds. The Balaban J connectivity index is 0.741. The van der Waals surface area contributed by atoms with Crippen LogP contribution < -0.4 is 36.2 Å². The lowest BCUT2D eigenvalue weighted by Crippen LogP contribution is -2.57. The van der Waals surface area contributed by atoms with Crippen LogP contribution in [-0.4, -0.2) is 128 Å². The van der Waals surface area contributed by atoms with Gasteiger partial charge >= 0.3 is 0 Å². The number of carbonyl (C=O) groups is 5. The molecule has 1 aliphatic carbocycles. The van der Waals surface area contributed by atoms with Crippen molar-refractivity contribution < 1.29 is 29.1 Å². The number of anilines is 6. The molecule has 6 aliphatic rings. The highest BCUT2D eigenvalue weighted by Gasteiger charge is 2.45. The number of hydrogen-bond donors (Lipinski definition) is 4. The third-order valence-corrected chi connectivity index (χ3v) is 15.7. The molecule has 0 bridgehead atoms. The van der Waals surface area contributed by atoms with Gasteiger partial charge in [0, 0.05) is 119 Å². The molecular formula is C53H60N12O7. The lowest BCUT2D eigenvalue weighted by molar-refractivity contribution is -0.136. The van der Waals surface area contributed by atoms with Crippen molar-refractivity contribution in [1.29, 1.82) is 0 Å². The quantitative estimate of drug-likeness (QED) is 0.144. The first kappa shape index (κ1) is 47.0. The lowest BCUT2D eigenvalue weighted by Gasteiger charge is -2.47. The molecule has 0 spiro atoms. The number of nitrogens with zero attached hydrogens (tertiary/aromatic N) is 9. The number of benzene rings is 2. The predicted octanol–water partition coefficient (Wildman–Crippen LogP) is 4.29. The van der Waals surface area contributed by atoms with E-state index < -0.39 is 29.7 Å². The Kier molecular flexibility index (Phi) is 11.8. The molecule has 3 saturated heterocycles. The number of aliphatic hydroxyl groups excluding tert-OH is 1. The van der Waals surface area contributed by atoms with E-state index in [1.165, 1.54) is 15.8 Å². The summed E-state index contributed by atoms with van der Waals surface area (Å²) in [4.78, 5) is 98.0. The molecule has 11 rings (SSSR count). The number of amides is 5. The van der Waals surface area contributed by atoms with Crippen molar-refractivity contribution >= 4 is 63.9 Å². The van der Waals surface area contributed by atoms with Gasteiger partial charge in [0.25, 0.3) is 23.3 Å². The Bertz CT molecular complexity index is 3150. The van der Waals surface area contributed by atoms with Gasteiger partial charge in [-0.1, -0.05) is 13.8 Å². The van der Waals surface area contributed by atoms with Gasteiger partial charge in [0.05, 0.1) is 34.8 Å². The van der Waals surface area contributed by atoms with Gasteiger partial charge in [-0.05, 0) is 98.5 Å². The summed E-state index contributed by atoms with van der Waals surface area (Å²) in [5.41, 5.74) is 8.45. The number of aromatic nitrogens is 4. The molecule has 4 N–H and O–H groups in total. The lowest BCUT2D eigenvalue weighted by atomic mass is 9.90. The minimum absolute atomic E-state index is 0.0760. The van der Waals surface area contributed by atoms with E-state index in [0.29, 0.717) is 53.2 Å². The van der Waals surface area contributed by atoms with Crippen molar-refractivity contribution in [3.05, 3.63) is 105 Å². The van der Waals surface area contributed by atoms with Crippen molar-refractivity contribution in [1.82, 2.24) is 34.2 Å². The number of carbonyl (C=O) groups excluding carboxylic acids is 5. The number of rotatable bonds is 10. The smallest absolute Gasteiger partial charge is 0.293 e. The van der Waals surface area contributed by atoms with Crippen LogP contribution in [0.25, 0.3) is 11.3 Å². The second kappa shape index (κ2) is 18.0. The summed E-state index contributed by atoms with van der Waals surface area (Å²) in [6.45, 7) is 11.5. The van der Waals surface area contributed by atoms with E-state index in [2.05, 4.69) is 67.0 Å². The average Bonchev–Trinajstić information content (AvgIpc) is 3.96. The number of hydrogen-bond acceptors (Lipinski definition) is 14. The SMILES string of the molecule is CNc1cc(Nc2nc(-c3ccnc(N4CCn5c(cc6c5CC(C)(C)C6)C4=O)c3CO)cn(C)c2=O)ccc1N1CCN(C2CCN(c3ccc4c(c3)C(=O)N([C@H]3CCC(=O)NC3=O)C4=O)CC2)C[C@@H]1C. The van der Waals surface area contributed by atoms with Crippen LogP contribution in [-0.2, 0) is 42.6 Å². The van der Waals surface area contributed by atoms with Gasteiger partial charge in [0.1, 0.15) is 17.6 Å². The Morgan fingerprint density at radius 3 is 2.39 bits per heavy atom. The van der Waals surface area contributed by atoms with E-state index in [4.69, 9.17) is 4.98 Å². The Morgan fingerprint density at radius 2 is 1.64 bits per heavy atom. The third kappa shape index (κ3) is 8.07. The van der Waals surface area contributed by atoms with Gasteiger partial charge < -0.3 is 34.7 Å². The van der Waals surface area contributed by atoms with Crippen LogP contribution in [0.3, 0.4) is 0 Å². The Hall–Kier alpha value is -7.38. The normalized spacial score (nSPS) is 21.3. The fourth-order valence-electron chi connectivity index (χ4n) is 12.1. The van der Waals surface area contributed by atoms with E-state index in [0.717, 1.165) is 80.4 Å². The summed E-state index contributed by atoms with van der Waals surface area (Å²) in [5.74, 6) is -1.69. The van der Waals surface area contributed by atoms with Gasteiger partial charge in [-0.25, -0.2) is 9.97 Å². The number of aliphatic hydroxyl groups is 1. The number of piperidine rings is 2. The van der Waals surface area contributed by atoms with Crippen LogP contribution in [0.5, 0.6) is 0 Å². The first-order chi connectivity index (χ1) is 34.6. The van der Waals surface area contributed by atoms with Crippen LogP contribution in [0.1, 0.15) is 94.5 Å². The van der Waals surface area contributed by atoms with E-state index in [1.54, 1.807) is 42.5 Å². The molecule has 3 aromatic heterocycles. The molecule has 0 saturated carbocycles. The fourth-order valence-corrected chi connectivity index (χ4v) is 12.1. The number of piperazine rings is 1. The minimum Gasteiger partial charge on any atom is -0.392 e. The van der Waals surface area contributed by atoms with Gasteiger partial charge in [0.2, 0.25) is 11.8 Å². The molecule has 2 atom stereocenters. The maximum atomic E-state index is 14.0. The van der Waals surface area contributed by atoms with Crippen LogP contribution >= 0.6 is 0 Å². The molecule has 5 aromatic rings. The topological polar surface area (TPSA) is 211 Å². The van der Waals surface area contributed by atoms with Crippen LogP contribution in [0.4, 0.5) is 34.4 Å². The maximum absolute atomic E-state index is 14.0. The fraction of sp³-hybridized carbons (Fsp3) is 0.434. The zero-order valence-electron chi connectivity index (χ0n) is 41.3. The summed E-state index contributed by atoms with van der Waals surface area (Å²) >= 11 is 0. The second-order valence-corrected chi connectivity index (χ2v) is 20.9. The summed E-state index contributed by atoms with van der Waals surface area (Å²) in [7, 11) is 3.55. The second-order valence-electron chi connectivity index (χ2n) is 20.9. The van der Waals surface area contributed by atoms with Crippen LogP contribution in [0.15, 0.2) is 65.7 Å². The molecule has 19 nitrogen and oxygen atoms in total. The van der Waals surface area contributed by atoms with E-state index in [1.807, 2.05) is 31.3 Å². The standard InChI is InChI=1S/C53H60N12O7/c1-30-27-61(33-13-16-60(17-14-33)34-7-8-36-37(24-34)50(70)65(49(36)69)42-10-11-45(67)58-48(42)68)18-19-62(30)41-9-6-32(23-39(41)54-4)56-46-52(72)59(5)28-40(57-46)35-12-15-55-47(38(35)29-66)64-21-20-63-43(51(64)71)22-31-25-53(2,3)26-44(31)63/h6-9,12,15,22-24,28,30,33,42,54,66H,10-11,13-14,16-21,25-27,29H2,1-5H3,(H,56,57)(H,58,67,68)/t30-,42-/m0/s1. The van der Waals surface area contributed by atoms with Crippen molar-refractivity contribution in [2.75, 3.05) is 71.6 Å². The highest BCUT2D eigenvalue weighted by Crippen LogP contribution is 2.41. The zero-order chi connectivity index (χ0) is 50.3. The number of fused-ring (bicyclic) bond motifs is 4. The molecule has 374 valence electrons. The Morgan fingerprint density at radius 1 is 0.847 bits per heavy atom. The molecular weight excluding hydrogens is 917 g/mol. The van der Waals surface area contributed by atoms with Gasteiger partial charge in [-0.15, -0.1) is 0 Å². The summed E-state index contributed by atoms with van der Waals surface area (Å²) in [6, 6.07) is 14.7. The molecule has 8 heterocycles. The molecule has 2 aromatic carbocycles. The molecule has 5 aliphatic heterocycles. The molecule has 19 heteroatoms. The average molecular weight is 977 g/mol. The third-order valence-electron chi connectivity index (χ3n) is 15.7. The van der Waals surface area contributed by atoms with Crippen molar-refractivity contribution in [2.24, 2.45) is 12.5 Å². The maximum Gasteiger partial charge on any atom is 0.293 e. The number of aryl methyl sites for hydroxylation is 1. The minimum atomic E-state index is -0.996. The van der Waals surface area contributed by atoms with E-state index >= 15 is 0 Å². The van der Waals surface area contributed by atoms with E-state index in [9.17, 15) is 33.9 Å². The van der Waals surface area contributed by atoms with Gasteiger partial charge in [-0.2, -0.15) is 0 Å². The summed E-state index contributed by atoms with van der Waals surface area (Å²) in [6.07, 6.45) is 7.18. The first-order valence-electron chi connectivity index (χ1n) is 25.0. The van der Waals surface area contributed by atoms with Gasteiger partial charge in [-0.3, -0.25) is 48.8 Å². The highest BCUT2D eigenvalue weighted by molar-refractivity contribution is 6.23. The highest BCUT2D eigenvalue weighted by atomic mass is 16.3. The molecule has 0 unspecified atom stereocenters. The number of imide groups is 2. The van der Waals surface area contributed by atoms with Crippen LogP contribution in [0, 0.1) is 5.41 Å². The number of pyridine rings is 1. The van der Waals surface area contributed by atoms with Crippen LogP contribution in [0.2, 0.25) is 0 Å². The monoisotopic (exact) mass is 976 g/mol. The van der Waals surface area contributed by atoms with Crippen molar-refractivity contribution in [3.8, 4) is 11.3 Å². The molecule has 3 fully saturated rings. The summed E-state index contributed by atoms with van der Waals surface area (Å²) in [5, 5.41) is 19.7.